The fourth-order valence-electron chi connectivity index (χ4n) is 4.51. The second-order valence-corrected chi connectivity index (χ2v) is 8.31. The van der Waals surface area contributed by atoms with Crippen LogP contribution in [0.25, 0.3) is 33.3 Å². The molecule has 0 spiro atoms. The topological polar surface area (TPSA) is 120 Å². The number of imidazole rings is 1. The van der Waals surface area contributed by atoms with Crippen LogP contribution in [0.15, 0.2) is 47.3 Å². The van der Waals surface area contributed by atoms with Gasteiger partial charge in [0.25, 0.3) is 5.56 Å². The van der Waals surface area contributed by atoms with E-state index in [2.05, 4.69) is 26.8 Å². The second-order valence-electron chi connectivity index (χ2n) is 8.31. The molecule has 2 aromatic carbocycles. The Labute approximate surface area is 190 Å². The standard InChI is InChI=1S/C24H26N6O3/c1-3-15-13-29(10-11-30(15)33-14(2)31)16-8-9-19-20(12-16)27-23(26-19)21-22(25)17-6-4-5-7-18(17)28-24(21)32/h4-9,12,15H,3,10-11,13H2,1-2H3,(H,26,27)(H3,25,28,32). The first-order valence-corrected chi connectivity index (χ1v) is 11.1. The summed E-state index contributed by atoms with van der Waals surface area (Å²) in [6.45, 7) is 5.62. The number of rotatable bonds is 4. The van der Waals surface area contributed by atoms with Gasteiger partial charge in [-0.05, 0) is 30.7 Å². The monoisotopic (exact) mass is 446 g/mol. The van der Waals surface area contributed by atoms with Crippen LogP contribution in [0.4, 0.5) is 11.4 Å². The van der Waals surface area contributed by atoms with Gasteiger partial charge in [0.2, 0.25) is 0 Å². The van der Waals surface area contributed by atoms with Crippen molar-refractivity contribution in [3.63, 3.8) is 0 Å². The van der Waals surface area contributed by atoms with Crippen LogP contribution in [0.3, 0.4) is 0 Å². The molecule has 33 heavy (non-hydrogen) atoms. The maximum absolute atomic E-state index is 12.8. The van der Waals surface area contributed by atoms with Crippen LogP contribution in [0.5, 0.6) is 0 Å². The summed E-state index contributed by atoms with van der Waals surface area (Å²) < 4.78 is 0. The number of piperazine rings is 1. The Morgan fingerprint density at radius 2 is 2.00 bits per heavy atom. The second kappa shape index (κ2) is 8.25. The summed E-state index contributed by atoms with van der Waals surface area (Å²) in [4.78, 5) is 42.6. The van der Waals surface area contributed by atoms with E-state index in [0.717, 1.165) is 41.6 Å². The Morgan fingerprint density at radius 3 is 2.79 bits per heavy atom. The van der Waals surface area contributed by atoms with Gasteiger partial charge in [-0.3, -0.25) is 9.59 Å². The molecule has 0 bridgehead atoms. The van der Waals surface area contributed by atoms with Gasteiger partial charge in [-0.25, -0.2) is 4.98 Å². The summed E-state index contributed by atoms with van der Waals surface area (Å²) in [5.41, 5.74) is 10.1. The number of carbonyl (C=O) groups excluding carboxylic acids is 1. The summed E-state index contributed by atoms with van der Waals surface area (Å²) in [5, 5.41) is 2.56. The summed E-state index contributed by atoms with van der Waals surface area (Å²) in [6.07, 6.45) is 0.865. The number of para-hydroxylation sites is 1. The molecule has 1 unspecified atom stereocenters. The Morgan fingerprint density at radius 1 is 1.18 bits per heavy atom. The third-order valence-corrected chi connectivity index (χ3v) is 6.18. The van der Waals surface area contributed by atoms with Crippen molar-refractivity contribution in [2.45, 2.75) is 26.3 Å². The van der Waals surface area contributed by atoms with Crippen molar-refractivity contribution in [3.8, 4) is 11.4 Å². The third kappa shape index (κ3) is 3.80. The number of nitrogens with two attached hydrogens (primary N) is 1. The van der Waals surface area contributed by atoms with E-state index >= 15 is 0 Å². The molecule has 0 amide bonds. The van der Waals surface area contributed by atoms with Gasteiger partial charge in [0, 0.05) is 31.1 Å². The molecule has 2 aromatic heterocycles. The molecule has 0 saturated carbocycles. The van der Waals surface area contributed by atoms with Gasteiger partial charge in [-0.2, -0.15) is 0 Å². The largest absolute Gasteiger partial charge is 0.397 e. The molecule has 170 valence electrons. The number of nitrogens with one attached hydrogen (secondary N) is 2. The SMILES string of the molecule is CCC1CN(c2ccc3nc(-c4c(N)c5ccccc5[nH]c4=O)[nH]c3c2)CCN1OC(C)=O. The summed E-state index contributed by atoms with van der Waals surface area (Å²) in [5.74, 6) is 0.147. The van der Waals surface area contributed by atoms with Gasteiger partial charge < -0.3 is 25.4 Å². The maximum Gasteiger partial charge on any atom is 0.322 e. The highest BCUT2D eigenvalue weighted by atomic mass is 16.7. The lowest BCUT2D eigenvalue weighted by atomic mass is 10.1. The lowest BCUT2D eigenvalue weighted by molar-refractivity contribution is -0.201. The number of benzene rings is 2. The summed E-state index contributed by atoms with van der Waals surface area (Å²) >= 11 is 0. The molecule has 3 heterocycles. The number of hydrogen-bond acceptors (Lipinski definition) is 7. The Bertz CT molecular complexity index is 1410. The van der Waals surface area contributed by atoms with Gasteiger partial charge >= 0.3 is 5.97 Å². The van der Waals surface area contributed by atoms with E-state index < -0.39 is 0 Å². The van der Waals surface area contributed by atoms with Crippen LogP contribution in [0, 0.1) is 0 Å². The normalized spacial score (nSPS) is 17.0. The molecular weight excluding hydrogens is 420 g/mol. The van der Waals surface area contributed by atoms with Crippen LogP contribution >= 0.6 is 0 Å². The molecule has 5 rings (SSSR count). The number of pyridine rings is 1. The first-order valence-electron chi connectivity index (χ1n) is 11.1. The Kier molecular flexibility index (Phi) is 5.26. The highest BCUT2D eigenvalue weighted by molar-refractivity contribution is 5.97. The van der Waals surface area contributed by atoms with Gasteiger partial charge in [-0.1, -0.05) is 25.1 Å². The average molecular weight is 447 g/mol. The number of fused-ring (bicyclic) bond motifs is 2. The first kappa shape index (κ1) is 21.0. The molecule has 1 aliphatic rings. The lowest BCUT2D eigenvalue weighted by Crippen LogP contribution is -2.53. The van der Waals surface area contributed by atoms with Crippen LogP contribution in [-0.4, -0.2) is 51.7 Å². The molecule has 1 aliphatic heterocycles. The smallest absolute Gasteiger partial charge is 0.322 e. The number of aromatic nitrogens is 3. The number of nitrogens with zero attached hydrogens (tertiary/aromatic N) is 3. The van der Waals surface area contributed by atoms with Crippen LogP contribution in [0.2, 0.25) is 0 Å². The van der Waals surface area contributed by atoms with Crippen molar-refractivity contribution in [1.29, 1.82) is 0 Å². The van der Waals surface area contributed by atoms with Crippen molar-refractivity contribution in [1.82, 2.24) is 20.0 Å². The zero-order valence-corrected chi connectivity index (χ0v) is 18.6. The van der Waals surface area contributed by atoms with Crippen molar-refractivity contribution >= 4 is 39.3 Å². The number of nitrogen functional groups attached to an aromatic ring is 1. The van der Waals surface area contributed by atoms with Gasteiger partial charge in [0.05, 0.1) is 34.8 Å². The third-order valence-electron chi connectivity index (χ3n) is 6.18. The van der Waals surface area contributed by atoms with Crippen LogP contribution in [-0.2, 0) is 9.63 Å². The highest BCUT2D eigenvalue weighted by Gasteiger charge is 2.28. The van der Waals surface area contributed by atoms with E-state index in [1.807, 2.05) is 42.5 Å². The number of carbonyl (C=O) groups is 1. The molecule has 1 atom stereocenters. The van der Waals surface area contributed by atoms with Gasteiger partial charge in [-0.15, -0.1) is 5.06 Å². The van der Waals surface area contributed by atoms with Gasteiger partial charge in [0.15, 0.2) is 0 Å². The minimum absolute atomic E-state index is 0.117. The van der Waals surface area contributed by atoms with Crippen molar-refractivity contribution in [2.24, 2.45) is 0 Å². The molecule has 1 saturated heterocycles. The molecule has 0 radical (unpaired) electrons. The van der Waals surface area contributed by atoms with Crippen molar-refractivity contribution in [3.05, 3.63) is 52.8 Å². The van der Waals surface area contributed by atoms with E-state index in [9.17, 15) is 9.59 Å². The van der Waals surface area contributed by atoms with Crippen molar-refractivity contribution < 1.29 is 9.63 Å². The molecule has 0 aliphatic carbocycles. The minimum atomic E-state index is -0.295. The van der Waals surface area contributed by atoms with Crippen molar-refractivity contribution in [2.75, 3.05) is 30.3 Å². The Hall–Kier alpha value is -3.85. The van der Waals surface area contributed by atoms with E-state index in [1.165, 1.54) is 6.92 Å². The zero-order chi connectivity index (χ0) is 23.1. The van der Waals surface area contributed by atoms with E-state index in [-0.39, 0.29) is 17.6 Å². The zero-order valence-electron chi connectivity index (χ0n) is 18.6. The highest BCUT2D eigenvalue weighted by Crippen LogP contribution is 2.30. The number of H-pyrrole nitrogens is 2. The number of hydrogen-bond donors (Lipinski definition) is 3. The summed E-state index contributed by atoms with van der Waals surface area (Å²) in [7, 11) is 0. The van der Waals surface area contributed by atoms with Gasteiger partial charge in [0.1, 0.15) is 11.4 Å². The van der Waals surface area contributed by atoms with E-state index in [1.54, 1.807) is 5.06 Å². The maximum atomic E-state index is 12.8. The lowest BCUT2D eigenvalue weighted by Gasteiger charge is -2.40. The number of anilines is 2. The molecule has 9 nitrogen and oxygen atoms in total. The molecular formula is C24H26N6O3. The summed E-state index contributed by atoms with van der Waals surface area (Å²) in [6, 6.07) is 13.6. The van der Waals surface area contributed by atoms with E-state index in [0.29, 0.717) is 29.1 Å². The Balaban J connectivity index is 1.48. The molecule has 9 heteroatoms. The molecule has 4 N–H and O–H groups in total. The van der Waals surface area contributed by atoms with Crippen LogP contribution in [0.1, 0.15) is 20.3 Å². The van der Waals surface area contributed by atoms with E-state index in [4.69, 9.17) is 10.6 Å². The molecule has 4 aromatic rings. The predicted molar refractivity (Wildman–Crippen MR) is 129 cm³/mol. The fraction of sp³-hybridized carbons (Fsp3) is 0.292. The predicted octanol–water partition coefficient (Wildman–Crippen LogP) is 3.03. The fourth-order valence-corrected chi connectivity index (χ4v) is 4.51. The quantitative estimate of drug-likeness (QED) is 0.441. The molecule has 1 fully saturated rings. The number of aromatic amines is 2. The first-order chi connectivity index (χ1) is 15.9. The average Bonchev–Trinajstić information content (AvgIpc) is 3.21. The minimum Gasteiger partial charge on any atom is -0.397 e. The number of hydroxylamine groups is 2. The van der Waals surface area contributed by atoms with Crippen LogP contribution < -0.4 is 16.2 Å².